The summed E-state index contributed by atoms with van der Waals surface area (Å²) < 4.78 is 0. The van der Waals surface area contributed by atoms with Gasteiger partial charge in [-0.3, -0.25) is 10.1 Å². The van der Waals surface area contributed by atoms with Crippen molar-refractivity contribution in [3.8, 4) is 0 Å². The number of nitro groups is 1. The highest BCUT2D eigenvalue weighted by Crippen LogP contribution is 2.48. The van der Waals surface area contributed by atoms with E-state index in [1.165, 1.54) is 12.1 Å². The summed E-state index contributed by atoms with van der Waals surface area (Å²) >= 11 is 0. The topological polar surface area (TPSA) is 113 Å². The van der Waals surface area contributed by atoms with Crippen LogP contribution < -0.4 is 5.32 Å². The second kappa shape index (κ2) is 5.46. The summed E-state index contributed by atoms with van der Waals surface area (Å²) in [7, 11) is 0. The number of aliphatic hydroxyl groups is 1. The third-order valence-electron chi connectivity index (χ3n) is 3.69. The lowest BCUT2D eigenvalue weighted by molar-refractivity contribution is -0.384. The second-order valence-corrected chi connectivity index (χ2v) is 5.12. The van der Waals surface area contributed by atoms with Crippen molar-refractivity contribution in [2.75, 3.05) is 18.5 Å². The molecule has 20 heavy (non-hydrogen) atoms. The zero-order valence-corrected chi connectivity index (χ0v) is 10.8. The fourth-order valence-electron chi connectivity index (χ4n) is 2.18. The van der Waals surface area contributed by atoms with Gasteiger partial charge in [-0.15, -0.1) is 0 Å². The number of nitrogens with zero attached hydrogens (tertiary/aromatic N) is 1. The molecule has 0 bridgehead atoms. The Balaban J connectivity index is 2.15. The van der Waals surface area contributed by atoms with Crippen molar-refractivity contribution in [1.29, 1.82) is 0 Å². The standard InChI is InChI=1S/C13H16N2O5/c16-6-5-13(3-4-13)8-14-10-2-1-9(12(17)18)7-11(10)15(19)20/h1-2,7,14,16H,3-6,8H2,(H,17,18). The molecule has 3 N–H and O–H groups in total. The monoisotopic (exact) mass is 280 g/mol. The number of carboxylic acids is 1. The van der Waals surface area contributed by atoms with Crippen molar-refractivity contribution < 1.29 is 19.9 Å². The summed E-state index contributed by atoms with van der Waals surface area (Å²) in [4.78, 5) is 21.2. The van der Waals surface area contributed by atoms with E-state index in [0.29, 0.717) is 18.7 Å². The van der Waals surface area contributed by atoms with Crippen LogP contribution in [-0.4, -0.2) is 34.3 Å². The van der Waals surface area contributed by atoms with Gasteiger partial charge in [0.15, 0.2) is 0 Å². The highest BCUT2D eigenvalue weighted by molar-refractivity contribution is 5.89. The number of aromatic carboxylic acids is 1. The number of nitrogens with one attached hydrogen (secondary N) is 1. The maximum atomic E-state index is 11.0. The average Bonchev–Trinajstić information content (AvgIpc) is 3.16. The summed E-state index contributed by atoms with van der Waals surface area (Å²) in [6.07, 6.45) is 2.64. The quantitative estimate of drug-likeness (QED) is 0.519. The van der Waals surface area contributed by atoms with Crippen LogP contribution in [0.2, 0.25) is 0 Å². The Morgan fingerprint density at radius 1 is 1.45 bits per heavy atom. The summed E-state index contributed by atoms with van der Waals surface area (Å²) in [5, 5.41) is 31.8. The lowest BCUT2D eigenvalue weighted by atomic mass is 10.0. The molecule has 1 aliphatic rings. The molecule has 0 radical (unpaired) electrons. The van der Waals surface area contributed by atoms with E-state index in [9.17, 15) is 14.9 Å². The van der Waals surface area contributed by atoms with E-state index < -0.39 is 10.9 Å². The van der Waals surface area contributed by atoms with E-state index in [1.807, 2.05) is 0 Å². The van der Waals surface area contributed by atoms with Gasteiger partial charge in [-0.05, 0) is 36.8 Å². The first-order chi connectivity index (χ1) is 9.47. The van der Waals surface area contributed by atoms with Crippen LogP contribution in [0.1, 0.15) is 29.6 Å². The first kappa shape index (κ1) is 14.3. The summed E-state index contributed by atoms with van der Waals surface area (Å²) in [5.74, 6) is -1.20. The van der Waals surface area contributed by atoms with E-state index in [1.54, 1.807) is 0 Å². The zero-order chi connectivity index (χ0) is 14.8. The van der Waals surface area contributed by atoms with E-state index in [2.05, 4.69) is 5.32 Å². The molecule has 1 saturated carbocycles. The molecule has 0 aliphatic heterocycles. The molecule has 2 rings (SSSR count). The Morgan fingerprint density at radius 2 is 2.15 bits per heavy atom. The van der Waals surface area contributed by atoms with Gasteiger partial charge in [0.25, 0.3) is 5.69 Å². The predicted molar refractivity (Wildman–Crippen MR) is 71.9 cm³/mol. The van der Waals surface area contributed by atoms with Crippen LogP contribution in [0.3, 0.4) is 0 Å². The van der Waals surface area contributed by atoms with E-state index in [0.717, 1.165) is 18.9 Å². The fraction of sp³-hybridized carbons (Fsp3) is 0.462. The predicted octanol–water partition coefficient (Wildman–Crippen LogP) is 1.87. The molecule has 1 aliphatic carbocycles. The first-order valence-corrected chi connectivity index (χ1v) is 6.34. The van der Waals surface area contributed by atoms with Gasteiger partial charge >= 0.3 is 5.97 Å². The molecule has 0 amide bonds. The summed E-state index contributed by atoms with van der Waals surface area (Å²) in [6, 6.07) is 3.80. The minimum Gasteiger partial charge on any atom is -0.478 e. The number of carbonyl (C=O) groups is 1. The maximum absolute atomic E-state index is 11.0. The molecule has 0 spiro atoms. The van der Waals surface area contributed by atoms with Gasteiger partial charge in [0.2, 0.25) is 0 Å². The van der Waals surface area contributed by atoms with Gasteiger partial charge in [-0.25, -0.2) is 4.79 Å². The molecular formula is C13H16N2O5. The highest BCUT2D eigenvalue weighted by Gasteiger charge is 2.41. The Morgan fingerprint density at radius 3 is 2.65 bits per heavy atom. The number of carboxylic acid groups (broad SMARTS) is 1. The number of hydrogen-bond donors (Lipinski definition) is 3. The number of benzene rings is 1. The van der Waals surface area contributed by atoms with Crippen molar-refractivity contribution in [3.63, 3.8) is 0 Å². The van der Waals surface area contributed by atoms with Crippen molar-refractivity contribution in [1.82, 2.24) is 0 Å². The number of hydrogen-bond acceptors (Lipinski definition) is 5. The molecule has 0 heterocycles. The number of aliphatic hydroxyl groups excluding tert-OH is 1. The van der Waals surface area contributed by atoms with Gasteiger partial charge in [-0.2, -0.15) is 0 Å². The summed E-state index contributed by atoms with van der Waals surface area (Å²) in [6.45, 7) is 0.641. The summed E-state index contributed by atoms with van der Waals surface area (Å²) in [5.41, 5.74) is -0.0266. The number of rotatable bonds is 7. The smallest absolute Gasteiger partial charge is 0.335 e. The molecule has 1 aromatic carbocycles. The van der Waals surface area contributed by atoms with Crippen LogP contribution in [0, 0.1) is 15.5 Å². The van der Waals surface area contributed by atoms with Crippen LogP contribution in [0.4, 0.5) is 11.4 Å². The van der Waals surface area contributed by atoms with Crippen LogP contribution >= 0.6 is 0 Å². The minimum atomic E-state index is -1.20. The third kappa shape index (κ3) is 3.05. The van der Waals surface area contributed by atoms with Crippen LogP contribution in [0.5, 0.6) is 0 Å². The van der Waals surface area contributed by atoms with Gasteiger partial charge in [0.05, 0.1) is 10.5 Å². The number of anilines is 1. The van der Waals surface area contributed by atoms with E-state index in [-0.39, 0.29) is 23.3 Å². The molecular weight excluding hydrogens is 264 g/mol. The van der Waals surface area contributed by atoms with Crippen molar-refractivity contribution in [3.05, 3.63) is 33.9 Å². The molecule has 108 valence electrons. The van der Waals surface area contributed by atoms with Gasteiger partial charge in [0, 0.05) is 19.2 Å². The van der Waals surface area contributed by atoms with Gasteiger partial charge < -0.3 is 15.5 Å². The largest absolute Gasteiger partial charge is 0.478 e. The maximum Gasteiger partial charge on any atom is 0.335 e. The Labute approximate surface area is 115 Å². The van der Waals surface area contributed by atoms with Crippen LogP contribution in [-0.2, 0) is 0 Å². The van der Waals surface area contributed by atoms with Crippen molar-refractivity contribution >= 4 is 17.3 Å². The molecule has 0 aromatic heterocycles. The third-order valence-corrected chi connectivity index (χ3v) is 3.69. The zero-order valence-electron chi connectivity index (χ0n) is 10.8. The van der Waals surface area contributed by atoms with E-state index >= 15 is 0 Å². The van der Waals surface area contributed by atoms with Gasteiger partial charge in [0.1, 0.15) is 5.69 Å². The lowest BCUT2D eigenvalue weighted by Crippen LogP contribution is -2.17. The van der Waals surface area contributed by atoms with Crippen LogP contribution in [0.25, 0.3) is 0 Å². The van der Waals surface area contributed by atoms with Gasteiger partial charge in [-0.1, -0.05) is 0 Å². The minimum absolute atomic E-state index is 0.0219. The van der Waals surface area contributed by atoms with Crippen molar-refractivity contribution in [2.24, 2.45) is 5.41 Å². The molecule has 7 nitrogen and oxygen atoms in total. The molecule has 0 saturated heterocycles. The molecule has 7 heteroatoms. The fourth-order valence-corrected chi connectivity index (χ4v) is 2.18. The van der Waals surface area contributed by atoms with Crippen LogP contribution in [0.15, 0.2) is 18.2 Å². The Bertz CT molecular complexity index is 540. The second-order valence-electron chi connectivity index (χ2n) is 5.12. The molecule has 1 aromatic rings. The van der Waals surface area contributed by atoms with Crippen molar-refractivity contribution in [2.45, 2.75) is 19.3 Å². The normalized spacial score (nSPS) is 15.7. The molecule has 1 fully saturated rings. The average molecular weight is 280 g/mol. The number of nitro benzene ring substituents is 1. The first-order valence-electron chi connectivity index (χ1n) is 6.34. The Kier molecular flexibility index (Phi) is 3.89. The van der Waals surface area contributed by atoms with E-state index in [4.69, 9.17) is 10.2 Å². The Hall–Kier alpha value is -2.15. The lowest BCUT2D eigenvalue weighted by Gasteiger charge is -2.15. The molecule has 0 unspecified atom stereocenters. The SMILES string of the molecule is O=C(O)c1ccc(NCC2(CCO)CC2)c([N+](=O)[O-])c1. The molecule has 0 atom stereocenters. The highest BCUT2D eigenvalue weighted by atomic mass is 16.6.